The van der Waals surface area contributed by atoms with Crippen LogP contribution in [0.25, 0.3) is 0 Å². The predicted octanol–water partition coefficient (Wildman–Crippen LogP) is 4.74. The molecule has 31 heavy (non-hydrogen) atoms. The highest BCUT2D eigenvalue weighted by Gasteiger charge is 2.36. The molecule has 1 saturated carbocycles. The summed E-state index contributed by atoms with van der Waals surface area (Å²) >= 11 is 0. The van der Waals surface area contributed by atoms with Gasteiger partial charge in [-0.05, 0) is 68.1 Å². The third-order valence-corrected chi connectivity index (χ3v) is 5.64. The number of benzene rings is 1. The van der Waals surface area contributed by atoms with E-state index in [9.17, 15) is 9.59 Å². The van der Waals surface area contributed by atoms with Gasteiger partial charge in [0.1, 0.15) is 6.04 Å². The van der Waals surface area contributed by atoms with Gasteiger partial charge in [-0.1, -0.05) is 25.0 Å². The Morgan fingerprint density at radius 1 is 1.10 bits per heavy atom. The number of hydrogen-bond acceptors (Lipinski definition) is 4. The summed E-state index contributed by atoms with van der Waals surface area (Å²) in [5, 5.41) is 3.17. The summed E-state index contributed by atoms with van der Waals surface area (Å²) in [6.07, 6.45) is 8.89. The minimum Gasteiger partial charge on any atom is -0.459 e. The lowest BCUT2D eigenvalue weighted by molar-refractivity contribution is -0.123. The zero-order valence-corrected chi connectivity index (χ0v) is 17.9. The number of hydrogen-bond donors (Lipinski definition) is 1. The van der Waals surface area contributed by atoms with Crippen LogP contribution in [0.3, 0.4) is 0 Å². The topological polar surface area (TPSA) is 75.4 Å². The molecule has 1 aromatic carbocycles. The van der Waals surface area contributed by atoms with Gasteiger partial charge in [-0.25, -0.2) is 0 Å². The number of pyridine rings is 1. The lowest BCUT2D eigenvalue weighted by Crippen LogP contribution is -2.46. The summed E-state index contributed by atoms with van der Waals surface area (Å²) < 4.78 is 5.42. The van der Waals surface area contributed by atoms with Crippen molar-refractivity contribution in [1.82, 2.24) is 10.3 Å². The van der Waals surface area contributed by atoms with E-state index in [4.69, 9.17) is 4.42 Å². The Hall–Kier alpha value is -3.41. The van der Waals surface area contributed by atoms with Gasteiger partial charge in [-0.2, -0.15) is 0 Å². The molecule has 1 N–H and O–H groups in total. The van der Waals surface area contributed by atoms with Crippen LogP contribution < -0.4 is 10.2 Å². The first kappa shape index (κ1) is 20.8. The molecule has 1 fully saturated rings. The summed E-state index contributed by atoms with van der Waals surface area (Å²) in [6.45, 7) is 3.95. The molecule has 6 nitrogen and oxygen atoms in total. The number of aromatic nitrogens is 1. The van der Waals surface area contributed by atoms with Gasteiger partial charge in [-0.15, -0.1) is 0 Å². The van der Waals surface area contributed by atoms with Crippen molar-refractivity contribution in [1.29, 1.82) is 0 Å². The van der Waals surface area contributed by atoms with Crippen molar-refractivity contribution < 1.29 is 14.0 Å². The van der Waals surface area contributed by atoms with E-state index in [1.165, 1.54) is 11.2 Å². The third-order valence-electron chi connectivity index (χ3n) is 5.64. The van der Waals surface area contributed by atoms with Crippen LogP contribution in [0, 0.1) is 13.8 Å². The molecule has 0 unspecified atom stereocenters. The Morgan fingerprint density at radius 3 is 2.45 bits per heavy atom. The van der Waals surface area contributed by atoms with E-state index >= 15 is 0 Å². The van der Waals surface area contributed by atoms with E-state index in [2.05, 4.69) is 10.3 Å². The van der Waals surface area contributed by atoms with Gasteiger partial charge in [0.25, 0.3) is 5.91 Å². The lowest BCUT2D eigenvalue weighted by Gasteiger charge is -2.32. The second kappa shape index (κ2) is 9.16. The van der Waals surface area contributed by atoms with Gasteiger partial charge < -0.3 is 9.73 Å². The Kier molecular flexibility index (Phi) is 6.16. The third kappa shape index (κ3) is 4.68. The van der Waals surface area contributed by atoms with Crippen LogP contribution in [-0.2, 0) is 4.79 Å². The van der Waals surface area contributed by atoms with Crippen LogP contribution in [0.5, 0.6) is 0 Å². The van der Waals surface area contributed by atoms with Crippen LogP contribution in [0.1, 0.15) is 59.0 Å². The Bertz CT molecular complexity index is 1020. The molecule has 1 aliphatic rings. The fraction of sp³-hybridized carbons (Fsp3) is 0.320. The number of carbonyl (C=O) groups excluding carboxylic acids is 2. The fourth-order valence-corrected chi connectivity index (χ4v) is 4.30. The van der Waals surface area contributed by atoms with Gasteiger partial charge in [0.05, 0.1) is 6.26 Å². The summed E-state index contributed by atoms with van der Waals surface area (Å²) in [6, 6.07) is 12.0. The maximum atomic E-state index is 13.6. The Labute approximate surface area is 182 Å². The predicted molar refractivity (Wildman–Crippen MR) is 119 cm³/mol. The molecule has 0 aliphatic heterocycles. The van der Waals surface area contributed by atoms with Crippen LogP contribution in [0.15, 0.2) is 65.5 Å². The Balaban J connectivity index is 1.82. The van der Waals surface area contributed by atoms with Crippen LogP contribution in [0.4, 0.5) is 5.69 Å². The van der Waals surface area contributed by atoms with Crippen molar-refractivity contribution in [3.05, 3.63) is 83.6 Å². The molecule has 0 radical (unpaired) electrons. The summed E-state index contributed by atoms with van der Waals surface area (Å²) in [5.41, 5.74) is 3.31. The number of rotatable bonds is 6. The summed E-state index contributed by atoms with van der Waals surface area (Å²) in [5.74, 6) is -0.397. The minimum atomic E-state index is -0.867. The molecule has 160 valence electrons. The average molecular weight is 418 g/mol. The van der Waals surface area contributed by atoms with E-state index in [1.54, 1.807) is 30.6 Å². The highest BCUT2D eigenvalue weighted by molar-refractivity contribution is 6.08. The first-order chi connectivity index (χ1) is 15.0. The molecule has 3 aromatic rings. The highest BCUT2D eigenvalue weighted by Crippen LogP contribution is 2.32. The molecule has 2 amide bonds. The maximum Gasteiger partial charge on any atom is 0.294 e. The van der Waals surface area contributed by atoms with Gasteiger partial charge in [0.2, 0.25) is 5.91 Å². The second-order valence-corrected chi connectivity index (χ2v) is 8.18. The van der Waals surface area contributed by atoms with E-state index in [-0.39, 0.29) is 23.6 Å². The SMILES string of the molecule is Cc1cc(C)cc(N(C(=O)c2ccco2)[C@@H](C(=O)NC2CCCC2)c2cccnc2)c1. The number of amides is 2. The van der Waals surface area contributed by atoms with Gasteiger partial charge in [-0.3, -0.25) is 19.5 Å². The molecule has 0 saturated heterocycles. The Morgan fingerprint density at radius 2 is 1.84 bits per heavy atom. The molecule has 2 aromatic heterocycles. The van der Waals surface area contributed by atoms with Crippen molar-refractivity contribution in [2.75, 3.05) is 4.90 Å². The van der Waals surface area contributed by atoms with Gasteiger partial charge >= 0.3 is 0 Å². The highest BCUT2D eigenvalue weighted by atomic mass is 16.3. The van der Waals surface area contributed by atoms with Crippen molar-refractivity contribution >= 4 is 17.5 Å². The van der Waals surface area contributed by atoms with Gasteiger partial charge in [0, 0.05) is 29.7 Å². The first-order valence-corrected chi connectivity index (χ1v) is 10.7. The smallest absolute Gasteiger partial charge is 0.294 e. The number of furan rings is 1. The minimum absolute atomic E-state index is 0.131. The summed E-state index contributed by atoms with van der Waals surface area (Å²) in [7, 11) is 0. The zero-order chi connectivity index (χ0) is 21.8. The van der Waals surface area contributed by atoms with Crippen molar-refractivity contribution in [3.63, 3.8) is 0 Å². The largest absolute Gasteiger partial charge is 0.459 e. The number of anilines is 1. The van der Waals surface area contributed by atoms with Crippen molar-refractivity contribution in [2.45, 2.75) is 51.6 Å². The molecule has 0 spiro atoms. The van der Waals surface area contributed by atoms with Crippen molar-refractivity contribution in [2.24, 2.45) is 0 Å². The standard InChI is InChI=1S/C25H27N3O3/c1-17-13-18(2)15-21(14-17)28(25(30)22-10-6-12-31-22)23(19-7-5-11-26-16-19)24(29)27-20-8-3-4-9-20/h5-7,10-16,20,23H,3-4,8-9H2,1-2H3,(H,27,29)/t23-/m1/s1. The molecule has 0 bridgehead atoms. The first-order valence-electron chi connectivity index (χ1n) is 10.7. The number of carbonyl (C=O) groups is 2. The van der Waals surface area contributed by atoms with Gasteiger partial charge in [0.15, 0.2) is 5.76 Å². The van der Waals surface area contributed by atoms with Crippen LogP contribution >= 0.6 is 0 Å². The number of nitrogens with zero attached hydrogens (tertiary/aromatic N) is 2. The van der Waals surface area contributed by atoms with E-state index in [0.717, 1.165) is 36.8 Å². The quantitative estimate of drug-likeness (QED) is 0.629. The monoisotopic (exact) mass is 417 g/mol. The van der Waals surface area contributed by atoms with Crippen molar-refractivity contribution in [3.8, 4) is 0 Å². The van der Waals surface area contributed by atoms with E-state index in [1.807, 2.05) is 38.1 Å². The molecular formula is C25H27N3O3. The van der Waals surface area contributed by atoms with E-state index < -0.39 is 6.04 Å². The number of nitrogens with one attached hydrogen (secondary N) is 1. The van der Waals surface area contributed by atoms with Crippen LogP contribution in [0.2, 0.25) is 0 Å². The summed E-state index contributed by atoms with van der Waals surface area (Å²) in [4.78, 5) is 33.0. The van der Waals surface area contributed by atoms with E-state index in [0.29, 0.717) is 11.3 Å². The number of aryl methyl sites for hydroxylation is 2. The fourth-order valence-electron chi connectivity index (χ4n) is 4.30. The van der Waals surface area contributed by atoms with Crippen LogP contribution in [-0.4, -0.2) is 22.8 Å². The molecule has 1 aliphatic carbocycles. The average Bonchev–Trinajstić information content (AvgIpc) is 3.45. The molecule has 6 heteroatoms. The normalized spacial score (nSPS) is 14.9. The maximum absolute atomic E-state index is 13.6. The molecule has 2 heterocycles. The molecule has 1 atom stereocenters. The lowest BCUT2D eigenvalue weighted by atomic mass is 10.0. The second-order valence-electron chi connectivity index (χ2n) is 8.18. The molecular weight excluding hydrogens is 390 g/mol. The molecule has 4 rings (SSSR count). The zero-order valence-electron chi connectivity index (χ0n) is 17.9.